The molecule has 0 radical (unpaired) electrons. The van der Waals surface area contributed by atoms with Crippen LogP contribution in [0.25, 0.3) is 10.2 Å². The number of hydrogen-bond donors (Lipinski definition) is 2. The number of carbonyl (C=O) groups is 1. The van der Waals surface area contributed by atoms with E-state index >= 15 is 0 Å². The molecule has 0 aliphatic carbocycles. The van der Waals surface area contributed by atoms with Crippen LogP contribution in [0.15, 0.2) is 18.2 Å². The molecule has 22 heavy (non-hydrogen) atoms. The number of ether oxygens (including phenoxy) is 1. The zero-order chi connectivity index (χ0) is 16.2. The maximum atomic E-state index is 11.4. The Morgan fingerprint density at radius 2 is 2.23 bits per heavy atom. The Morgan fingerprint density at radius 1 is 1.45 bits per heavy atom. The number of fused-ring (bicyclic) bond motifs is 1. The van der Waals surface area contributed by atoms with Crippen LogP contribution in [-0.2, 0) is 4.74 Å². The van der Waals surface area contributed by atoms with Gasteiger partial charge in [-0.15, -0.1) is 0 Å². The quantitative estimate of drug-likeness (QED) is 0.659. The molecule has 0 saturated carbocycles. The molecule has 0 fully saturated rings. The van der Waals surface area contributed by atoms with Gasteiger partial charge in [0.25, 0.3) is 0 Å². The molecule has 2 rings (SSSR count). The molecule has 3 N–H and O–H groups in total. The van der Waals surface area contributed by atoms with Crippen molar-refractivity contribution in [2.45, 2.75) is 32.8 Å². The number of benzene rings is 1. The van der Waals surface area contributed by atoms with E-state index in [0.717, 1.165) is 15.8 Å². The predicted molar refractivity (Wildman–Crippen MR) is 89.8 cm³/mol. The second kappa shape index (κ2) is 6.67. The third-order valence-electron chi connectivity index (χ3n) is 2.56. The summed E-state index contributed by atoms with van der Waals surface area (Å²) >= 11 is 1.44. The third kappa shape index (κ3) is 4.93. The van der Waals surface area contributed by atoms with Crippen molar-refractivity contribution >= 4 is 32.8 Å². The lowest BCUT2D eigenvalue weighted by molar-refractivity contribution is 0.0529. The summed E-state index contributed by atoms with van der Waals surface area (Å²) in [6, 6.07) is 5.79. The van der Waals surface area contributed by atoms with Crippen molar-refractivity contribution in [2.24, 2.45) is 0 Å². The summed E-state index contributed by atoms with van der Waals surface area (Å²) in [6.45, 7) is 5.94. The van der Waals surface area contributed by atoms with E-state index in [1.54, 1.807) is 0 Å². The van der Waals surface area contributed by atoms with Crippen LogP contribution in [0.2, 0.25) is 0 Å². The number of anilines is 1. The minimum absolute atomic E-state index is 0.421. The molecule has 0 saturated heterocycles. The number of nitrogens with zero attached hydrogens (tertiary/aromatic N) is 1. The van der Waals surface area contributed by atoms with Crippen molar-refractivity contribution in [2.75, 3.05) is 12.3 Å². The molecule has 5 nitrogen and oxygen atoms in total. The van der Waals surface area contributed by atoms with Crippen LogP contribution in [-0.4, -0.2) is 23.2 Å². The molecular formula is C16H19N3O2S. The number of rotatable bonds is 2. The first-order valence-electron chi connectivity index (χ1n) is 6.95. The van der Waals surface area contributed by atoms with Crippen molar-refractivity contribution in [1.29, 1.82) is 0 Å². The fraction of sp³-hybridized carbons (Fsp3) is 0.375. The van der Waals surface area contributed by atoms with Gasteiger partial charge in [-0.3, -0.25) is 0 Å². The second-order valence-electron chi connectivity index (χ2n) is 5.72. The molecule has 0 aliphatic rings. The van der Waals surface area contributed by atoms with Crippen LogP contribution in [0.3, 0.4) is 0 Å². The molecular weight excluding hydrogens is 298 g/mol. The number of thiazole rings is 1. The Hall–Kier alpha value is -2.26. The monoisotopic (exact) mass is 317 g/mol. The Morgan fingerprint density at radius 3 is 2.95 bits per heavy atom. The number of nitrogens with one attached hydrogen (secondary N) is 1. The highest BCUT2D eigenvalue weighted by Gasteiger charge is 2.15. The van der Waals surface area contributed by atoms with Crippen molar-refractivity contribution in [3.63, 3.8) is 0 Å². The fourth-order valence-corrected chi connectivity index (χ4v) is 2.50. The molecule has 116 valence electrons. The lowest BCUT2D eigenvalue weighted by Gasteiger charge is -2.19. The largest absolute Gasteiger partial charge is 0.444 e. The average molecular weight is 317 g/mol. The second-order valence-corrected chi connectivity index (χ2v) is 6.78. The number of amides is 1. The van der Waals surface area contributed by atoms with E-state index in [-0.39, 0.29) is 0 Å². The molecule has 1 heterocycles. The molecule has 1 amide bonds. The molecule has 0 bridgehead atoms. The normalized spacial score (nSPS) is 10.9. The van der Waals surface area contributed by atoms with Crippen molar-refractivity contribution in [3.8, 4) is 11.8 Å². The summed E-state index contributed by atoms with van der Waals surface area (Å²) in [4.78, 5) is 15.6. The van der Waals surface area contributed by atoms with Crippen molar-refractivity contribution in [3.05, 3.63) is 23.8 Å². The number of hydrogen-bond acceptors (Lipinski definition) is 5. The Labute approximate surface area is 133 Å². The molecule has 0 aliphatic heterocycles. The van der Waals surface area contributed by atoms with E-state index in [1.165, 1.54) is 11.3 Å². The van der Waals surface area contributed by atoms with E-state index in [9.17, 15) is 4.79 Å². The van der Waals surface area contributed by atoms with Crippen LogP contribution in [0, 0.1) is 11.8 Å². The number of carbonyl (C=O) groups excluding carboxylic acids is 1. The number of alkyl carbamates (subject to hydrolysis) is 1. The molecule has 2 aromatic rings. The Kier molecular flexibility index (Phi) is 4.88. The molecule has 1 aromatic carbocycles. The van der Waals surface area contributed by atoms with E-state index in [0.29, 0.717) is 18.1 Å². The van der Waals surface area contributed by atoms with Crippen molar-refractivity contribution in [1.82, 2.24) is 10.3 Å². The van der Waals surface area contributed by atoms with Gasteiger partial charge in [0.15, 0.2) is 5.13 Å². The molecule has 0 unspecified atom stereocenters. The molecule has 1 aromatic heterocycles. The summed E-state index contributed by atoms with van der Waals surface area (Å²) < 4.78 is 6.16. The van der Waals surface area contributed by atoms with E-state index in [2.05, 4.69) is 22.1 Å². The molecule has 0 atom stereocenters. The van der Waals surface area contributed by atoms with Crippen molar-refractivity contribution < 1.29 is 9.53 Å². The number of aromatic nitrogens is 1. The smallest absolute Gasteiger partial charge is 0.407 e. The van der Waals surface area contributed by atoms with Crippen LogP contribution < -0.4 is 11.1 Å². The highest BCUT2D eigenvalue weighted by Crippen LogP contribution is 2.24. The summed E-state index contributed by atoms with van der Waals surface area (Å²) in [6.07, 6.45) is 0.137. The zero-order valence-corrected chi connectivity index (χ0v) is 13.7. The summed E-state index contributed by atoms with van der Waals surface area (Å²) in [5, 5.41) is 3.23. The maximum absolute atomic E-state index is 11.4. The van der Waals surface area contributed by atoms with Gasteiger partial charge in [0, 0.05) is 18.5 Å². The Bertz CT molecular complexity index is 735. The van der Waals surface area contributed by atoms with Gasteiger partial charge in [-0.2, -0.15) is 0 Å². The summed E-state index contributed by atoms with van der Waals surface area (Å²) in [5.74, 6) is 6.09. The first-order chi connectivity index (χ1) is 10.3. The lowest BCUT2D eigenvalue weighted by atomic mass is 10.2. The van der Waals surface area contributed by atoms with Gasteiger partial charge in [-0.25, -0.2) is 9.78 Å². The average Bonchev–Trinajstić information content (AvgIpc) is 2.75. The number of nitrogens with two attached hydrogens (primary N) is 1. The Balaban J connectivity index is 1.84. The first kappa shape index (κ1) is 16.1. The van der Waals surface area contributed by atoms with E-state index in [4.69, 9.17) is 10.5 Å². The minimum Gasteiger partial charge on any atom is -0.444 e. The van der Waals surface area contributed by atoms with Gasteiger partial charge >= 0.3 is 6.09 Å². The zero-order valence-electron chi connectivity index (χ0n) is 12.9. The topological polar surface area (TPSA) is 77.2 Å². The first-order valence-corrected chi connectivity index (χ1v) is 7.77. The minimum atomic E-state index is -0.484. The predicted octanol–water partition coefficient (Wildman–Crippen LogP) is 3.14. The SMILES string of the molecule is CC(C)(C)OC(=O)NCCC#Cc1ccc2nc(N)sc2c1. The standard InChI is InChI=1S/C16H19N3O2S/c1-16(2,3)21-15(20)18-9-5-4-6-11-7-8-12-13(10-11)22-14(17)19-12/h7-8,10H,5,9H2,1-3H3,(H2,17,19)(H,18,20). The lowest BCUT2D eigenvalue weighted by Crippen LogP contribution is -2.32. The third-order valence-corrected chi connectivity index (χ3v) is 3.40. The van der Waals surface area contributed by atoms with E-state index in [1.807, 2.05) is 39.0 Å². The van der Waals surface area contributed by atoms with Crippen LogP contribution in [0.1, 0.15) is 32.8 Å². The van der Waals surface area contributed by atoms with E-state index < -0.39 is 11.7 Å². The van der Waals surface area contributed by atoms with Gasteiger partial charge in [0.05, 0.1) is 10.2 Å². The van der Waals surface area contributed by atoms with Gasteiger partial charge in [-0.05, 0) is 39.0 Å². The molecule has 6 heteroatoms. The van der Waals surface area contributed by atoms with Gasteiger partial charge in [0.1, 0.15) is 5.60 Å². The summed E-state index contributed by atoms with van der Waals surface area (Å²) in [5.41, 5.74) is 6.99. The van der Waals surface area contributed by atoms with Crippen LogP contribution in [0.4, 0.5) is 9.93 Å². The number of nitrogen functional groups attached to an aromatic ring is 1. The molecule has 0 spiro atoms. The highest BCUT2D eigenvalue weighted by atomic mass is 32.1. The fourth-order valence-electron chi connectivity index (χ4n) is 1.73. The van der Waals surface area contributed by atoms with Crippen LogP contribution in [0.5, 0.6) is 0 Å². The van der Waals surface area contributed by atoms with Gasteiger partial charge in [0.2, 0.25) is 0 Å². The van der Waals surface area contributed by atoms with Gasteiger partial charge < -0.3 is 15.8 Å². The summed E-state index contributed by atoms with van der Waals surface area (Å²) in [7, 11) is 0. The van der Waals surface area contributed by atoms with Crippen LogP contribution >= 0.6 is 11.3 Å². The maximum Gasteiger partial charge on any atom is 0.407 e. The highest BCUT2D eigenvalue weighted by molar-refractivity contribution is 7.22. The van der Waals surface area contributed by atoms with Gasteiger partial charge in [-0.1, -0.05) is 23.2 Å².